The number of hydrogen-bond donors (Lipinski definition) is 2. The highest BCUT2D eigenvalue weighted by Crippen LogP contribution is 1.96. The van der Waals surface area contributed by atoms with Crippen LogP contribution in [0.1, 0.15) is 26.7 Å². The summed E-state index contributed by atoms with van der Waals surface area (Å²) < 4.78 is 118. The maximum absolute atomic E-state index is 10.8. The molecule has 26 nitrogen and oxygen atoms in total. The number of carbonyl (C=O) groups excluding carboxylic acids is 2. The van der Waals surface area contributed by atoms with Crippen LogP contribution < -0.4 is 0 Å². The number of aliphatic hydroxyl groups excluding tert-OH is 2. The number of hydrogen-bond acceptors (Lipinski definition) is 26. The average Bonchev–Trinajstić information content (AvgIpc) is 3.45. The predicted molar refractivity (Wildman–Crippen MR) is 291 cm³/mol. The molecule has 0 spiro atoms. The van der Waals surface area contributed by atoms with Crippen LogP contribution in [0.4, 0.5) is 0 Å². The van der Waals surface area contributed by atoms with Crippen LogP contribution in [-0.2, 0) is 114 Å². The molecule has 0 aliphatic carbocycles. The zero-order valence-corrected chi connectivity index (χ0v) is 48.6. The zero-order valence-electron chi connectivity index (χ0n) is 48.6. The third-order valence-electron chi connectivity index (χ3n) is 9.24. The van der Waals surface area contributed by atoms with Gasteiger partial charge in [-0.2, -0.15) is 0 Å². The minimum atomic E-state index is -0.489. The van der Waals surface area contributed by atoms with Crippen LogP contribution in [-0.4, -0.2) is 313 Å². The van der Waals surface area contributed by atoms with Gasteiger partial charge in [0.05, 0.1) is 264 Å². The Morgan fingerprint density at radius 2 is 0.350 bits per heavy atom. The number of unbranched alkanes of at least 4 members (excludes halogenated alkanes) is 1. The Kier molecular flexibility index (Phi) is 72.3. The van der Waals surface area contributed by atoms with Gasteiger partial charge < -0.3 is 114 Å². The van der Waals surface area contributed by atoms with Gasteiger partial charge in [-0.25, -0.2) is 9.59 Å². The van der Waals surface area contributed by atoms with Gasteiger partial charge in [0.25, 0.3) is 0 Å². The Balaban J connectivity index is 0. The van der Waals surface area contributed by atoms with Gasteiger partial charge in [-0.1, -0.05) is 13.2 Å². The summed E-state index contributed by atoms with van der Waals surface area (Å²) in [5.41, 5.74) is 0.632. The van der Waals surface area contributed by atoms with E-state index in [2.05, 4.69) is 22.6 Å². The smallest absolute Gasteiger partial charge is 0.333 e. The second-order valence-electron chi connectivity index (χ2n) is 16.2. The lowest BCUT2D eigenvalue weighted by molar-refractivity contribution is -0.147. The fourth-order valence-electron chi connectivity index (χ4n) is 5.22. The Labute approximate surface area is 476 Å². The molecule has 0 saturated heterocycles. The molecule has 26 heteroatoms. The molecule has 80 heavy (non-hydrogen) atoms. The number of carbonyl (C=O) groups is 2. The van der Waals surface area contributed by atoms with Crippen molar-refractivity contribution in [2.45, 2.75) is 26.7 Å². The monoisotopic (exact) mass is 1170 g/mol. The largest absolute Gasteiger partial charge is 0.459 e. The van der Waals surface area contributed by atoms with Crippen molar-refractivity contribution < 1.29 is 124 Å². The second-order valence-corrected chi connectivity index (χ2v) is 16.2. The maximum Gasteiger partial charge on any atom is 0.333 e. The van der Waals surface area contributed by atoms with E-state index in [1.54, 1.807) is 13.8 Å². The Hall–Kier alpha value is -2.46. The summed E-state index contributed by atoms with van der Waals surface area (Å²) in [5, 5.41) is 17.2. The predicted octanol–water partition coefficient (Wildman–Crippen LogP) is 1.31. The molecule has 0 aliphatic rings. The van der Waals surface area contributed by atoms with E-state index in [-0.39, 0.29) is 26.4 Å². The number of rotatable bonds is 68. The molecule has 0 aromatic rings. The van der Waals surface area contributed by atoms with E-state index in [0.29, 0.717) is 275 Å². The van der Waals surface area contributed by atoms with Crippen LogP contribution in [0, 0.1) is 0 Å². The molecule has 0 rings (SSSR count). The average molecular weight is 1170 g/mol. The van der Waals surface area contributed by atoms with E-state index in [1.165, 1.54) is 0 Å². The molecule has 0 radical (unpaired) electrons. The van der Waals surface area contributed by atoms with Gasteiger partial charge in [0.15, 0.2) is 0 Å². The van der Waals surface area contributed by atoms with Crippen molar-refractivity contribution in [1.29, 1.82) is 0 Å². The van der Waals surface area contributed by atoms with Crippen LogP contribution >= 0.6 is 0 Å². The minimum Gasteiger partial charge on any atom is -0.459 e. The standard InChI is InChI=1S/C44H90O22.C10H14O4/c45-3-7-49-11-15-53-19-23-57-27-31-61-35-39-65-43-41-63-37-33-59-29-25-55-21-17-51-13-9-47-5-1-2-6-48-10-14-52-18-22-56-26-30-60-34-38-64-42-44-66-40-36-62-32-28-58-24-20-54-16-12-50-8-4-46;1-7(2)9(11)13-5-6-14-10(12)8(3)4/h45-46H,1-44H2;1,3,5-6H2,2,4H3. The SMILES string of the molecule is C=C(C)C(=O)OCCOC(=O)C(=C)C.OCCOCCOCCOCCOCCOCCOCCOCCOCCOCCOCCCCOCCOCCOCCOCCOCCOCCOCCOCCOCCOCCO. The summed E-state index contributed by atoms with van der Waals surface area (Å²) >= 11 is 0. The van der Waals surface area contributed by atoms with Crippen molar-refractivity contribution in [3.63, 3.8) is 0 Å². The van der Waals surface area contributed by atoms with E-state index in [0.717, 1.165) is 12.8 Å². The molecule has 476 valence electrons. The Morgan fingerprint density at radius 1 is 0.225 bits per heavy atom. The summed E-state index contributed by atoms with van der Waals surface area (Å²) in [7, 11) is 0. The summed E-state index contributed by atoms with van der Waals surface area (Å²) in [4.78, 5) is 21.7. The topological polar surface area (TPSA) is 278 Å². The molecule has 0 bridgehead atoms. The van der Waals surface area contributed by atoms with E-state index in [1.807, 2.05) is 0 Å². The molecular weight excluding hydrogens is 1060 g/mol. The van der Waals surface area contributed by atoms with E-state index >= 15 is 0 Å². The fourth-order valence-corrected chi connectivity index (χ4v) is 5.22. The van der Waals surface area contributed by atoms with Gasteiger partial charge in [-0.05, 0) is 26.7 Å². The minimum absolute atomic E-state index is 0.0202. The first kappa shape index (κ1) is 79.6. The van der Waals surface area contributed by atoms with Gasteiger partial charge in [0, 0.05) is 24.4 Å². The third-order valence-corrected chi connectivity index (χ3v) is 9.24. The lowest BCUT2D eigenvalue weighted by atomic mass is 10.3. The highest BCUT2D eigenvalue weighted by Gasteiger charge is 2.06. The van der Waals surface area contributed by atoms with Crippen molar-refractivity contribution in [3.05, 3.63) is 24.3 Å². The summed E-state index contributed by atoms with van der Waals surface area (Å²) in [6.45, 7) is 30.0. The van der Waals surface area contributed by atoms with Crippen LogP contribution in [0.3, 0.4) is 0 Å². The van der Waals surface area contributed by atoms with Crippen LogP contribution in [0.15, 0.2) is 24.3 Å². The second kappa shape index (κ2) is 72.6. The maximum atomic E-state index is 10.8. The Morgan fingerprint density at radius 3 is 0.475 bits per heavy atom. The van der Waals surface area contributed by atoms with Crippen molar-refractivity contribution in [3.8, 4) is 0 Å². The highest BCUT2D eigenvalue weighted by molar-refractivity contribution is 5.87. The van der Waals surface area contributed by atoms with Crippen LogP contribution in [0.2, 0.25) is 0 Å². The first-order valence-corrected chi connectivity index (χ1v) is 27.8. The molecule has 0 unspecified atom stereocenters. The number of ether oxygens (including phenoxy) is 22. The quantitative estimate of drug-likeness (QED) is 0.0493. The molecular formula is C54H104O26. The normalized spacial score (nSPS) is 11.2. The first-order chi connectivity index (χ1) is 39.4. The van der Waals surface area contributed by atoms with E-state index in [9.17, 15) is 9.59 Å². The van der Waals surface area contributed by atoms with Gasteiger partial charge in [-0.15, -0.1) is 0 Å². The molecule has 0 aliphatic heterocycles. The third kappa shape index (κ3) is 73.6. The Bertz CT molecular complexity index is 1170. The molecule has 2 N–H and O–H groups in total. The van der Waals surface area contributed by atoms with Gasteiger partial charge in [0.2, 0.25) is 0 Å². The fraction of sp³-hybridized carbons (Fsp3) is 0.889. The molecule has 0 saturated carbocycles. The first-order valence-electron chi connectivity index (χ1n) is 27.8. The zero-order chi connectivity index (χ0) is 58.4. The van der Waals surface area contributed by atoms with E-state index < -0.39 is 11.9 Å². The molecule has 0 amide bonds. The summed E-state index contributed by atoms with van der Waals surface area (Å²) in [6, 6.07) is 0. The lowest BCUT2D eigenvalue weighted by Gasteiger charge is -2.09. The van der Waals surface area contributed by atoms with E-state index in [4.69, 9.17) is 105 Å². The van der Waals surface area contributed by atoms with Crippen molar-refractivity contribution in [2.75, 3.05) is 291 Å². The lowest BCUT2D eigenvalue weighted by Crippen LogP contribution is -2.15. The van der Waals surface area contributed by atoms with Crippen molar-refractivity contribution >= 4 is 11.9 Å². The summed E-state index contributed by atoms with van der Waals surface area (Å²) in [5.74, 6) is -0.979. The number of aliphatic hydroxyl groups is 2. The molecule has 0 aromatic heterocycles. The number of esters is 2. The van der Waals surface area contributed by atoms with Crippen LogP contribution in [0.25, 0.3) is 0 Å². The van der Waals surface area contributed by atoms with Crippen molar-refractivity contribution in [1.82, 2.24) is 0 Å². The molecule has 0 fully saturated rings. The van der Waals surface area contributed by atoms with Crippen molar-refractivity contribution in [2.24, 2.45) is 0 Å². The van der Waals surface area contributed by atoms with Gasteiger partial charge in [0.1, 0.15) is 13.2 Å². The summed E-state index contributed by atoms with van der Waals surface area (Å²) in [6.07, 6.45) is 1.85. The van der Waals surface area contributed by atoms with Crippen LogP contribution in [0.5, 0.6) is 0 Å². The van der Waals surface area contributed by atoms with Gasteiger partial charge in [-0.3, -0.25) is 0 Å². The molecule has 0 aromatic carbocycles. The highest BCUT2D eigenvalue weighted by atomic mass is 16.6. The van der Waals surface area contributed by atoms with Gasteiger partial charge >= 0.3 is 11.9 Å². The molecule has 0 heterocycles. The molecule has 0 atom stereocenters.